The molecule has 0 radical (unpaired) electrons. The van der Waals surface area contributed by atoms with E-state index in [4.69, 9.17) is 0 Å². The van der Waals surface area contributed by atoms with E-state index in [1.54, 1.807) is 0 Å². The second-order valence-corrected chi connectivity index (χ2v) is 7.34. The highest BCUT2D eigenvalue weighted by Crippen LogP contribution is 2.17. The number of carbonyl (C=O) groups excluding carboxylic acids is 1. The number of nitrogens with zero attached hydrogens (tertiary/aromatic N) is 1. The Labute approximate surface area is 159 Å². The standard InChI is InChI=1S/C21H27BrN2O/c1-4-7-20(5-2)24(3)15-16-10-12-19(13-11-16)23-21(25)17-8-6-9-18(22)14-17/h6,8-14,20H,4-5,7,15H2,1-3H3,(H,23,25). The van der Waals surface area contributed by atoms with Gasteiger partial charge in [-0.1, -0.05) is 54.4 Å². The summed E-state index contributed by atoms with van der Waals surface area (Å²) in [7, 11) is 2.19. The number of halogens is 1. The fraction of sp³-hybridized carbons (Fsp3) is 0.381. The number of rotatable bonds is 8. The Morgan fingerprint density at radius 3 is 2.48 bits per heavy atom. The van der Waals surface area contributed by atoms with E-state index in [-0.39, 0.29) is 5.91 Å². The van der Waals surface area contributed by atoms with Gasteiger partial charge in [0.1, 0.15) is 0 Å². The number of amides is 1. The van der Waals surface area contributed by atoms with Crippen molar-refractivity contribution in [3.63, 3.8) is 0 Å². The summed E-state index contributed by atoms with van der Waals surface area (Å²) in [5.41, 5.74) is 2.72. The first-order valence-electron chi connectivity index (χ1n) is 8.89. The zero-order chi connectivity index (χ0) is 18.2. The lowest BCUT2D eigenvalue weighted by Crippen LogP contribution is -2.30. The van der Waals surface area contributed by atoms with E-state index in [2.05, 4.69) is 59.2 Å². The Hall–Kier alpha value is -1.65. The Kier molecular flexibility index (Phi) is 7.66. The van der Waals surface area contributed by atoms with E-state index in [0.717, 1.165) is 16.7 Å². The van der Waals surface area contributed by atoms with E-state index in [9.17, 15) is 4.79 Å². The monoisotopic (exact) mass is 402 g/mol. The maximum absolute atomic E-state index is 12.3. The molecular formula is C21H27BrN2O. The molecule has 4 heteroatoms. The van der Waals surface area contributed by atoms with Gasteiger partial charge in [0.25, 0.3) is 5.91 Å². The van der Waals surface area contributed by atoms with Crippen molar-refractivity contribution in [1.82, 2.24) is 4.90 Å². The summed E-state index contributed by atoms with van der Waals surface area (Å²) in [5.74, 6) is -0.0971. The fourth-order valence-corrected chi connectivity index (χ4v) is 3.41. The molecule has 2 rings (SSSR count). The van der Waals surface area contributed by atoms with Crippen LogP contribution in [0.3, 0.4) is 0 Å². The lowest BCUT2D eigenvalue weighted by atomic mass is 10.1. The van der Waals surface area contributed by atoms with Crippen molar-refractivity contribution in [3.05, 3.63) is 64.1 Å². The lowest BCUT2D eigenvalue weighted by Gasteiger charge is -2.27. The van der Waals surface area contributed by atoms with Gasteiger partial charge in [-0.3, -0.25) is 9.69 Å². The van der Waals surface area contributed by atoms with Gasteiger partial charge in [-0.25, -0.2) is 0 Å². The highest BCUT2D eigenvalue weighted by molar-refractivity contribution is 9.10. The Morgan fingerprint density at radius 2 is 1.88 bits per heavy atom. The average molecular weight is 403 g/mol. The second kappa shape index (κ2) is 9.73. The third-order valence-corrected chi connectivity index (χ3v) is 4.94. The minimum atomic E-state index is -0.0971. The zero-order valence-corrected chi connectivity index (χ0v) is 16.8. The maximum atomic E-state index is 12.3. The van der Waals surface area contributed by atoms with Gasteiger partial charge in [-0.15, -0.1) is 0 Å². The molecule has 0 heterocycles. The average Bonchev–Trinajstić information content (AvgIpc) is 2.61. The molecule has 1 N–H and O–H groups in total. The van der Waals surface area contributed by atoms with Crippen LogP contribution < -0.4 is 5.32 Å². The van der Waals surface area contributed by atoms with Crippen molar-refractivity contribution >= 4 is 27.5 Å². The van der Waals surface area contributed by atoms with Crippen LogP contribution in [0.2, 0.25) is 0 Å². The predicted octanol–water partition coefficient (Wildman–Crippen LogP) is 5.71. The first kappa shape index (κ1) is 19.7. The molecule has 25 heavy (non-hydrogen) atoms. The summed E-state index contributed by atoms with van der Waals surface area (Å²) in [5, 5.41) is 2.95. The maximum Gasteiger partial charge on any atom is 0.255 e. The van der Waals surface area contributed by atoms with E-state index in [0.29, 0.717) is 11.6 Å². The molecular weight excluding hydrogens is 376 g/mol. The van der Waals surface area contributed by atoms with Crippen LogP contribution in [0.15, 0.2) is 53.0 Å². The molecule has 0 fully saturated rings. The van der Waals surface area contributed by atoms with Crippen LogP contribution in [0.25, 0.3) is 0 Å². The quantitative estimate of drug-likeness (QED) is 0.612. The Balaban J connectivity index is 1.96. The fourth-order valence-electron chi connectivity index (χ4n) is 3.01. The minimum absolute atomic E-state index is 0.0971. The van der Waals surface area contributed by atoms with Crippen LogP contribution in [-0.4, -0.2) is 23.9 Å². The van der Waals surface area contributed by atoms with Crippen LogP contribution in [0.5, 0.6) is 0 Å². The van der Waals surface area contributed by atoms with Crippen molar-refractivity contribution in [1.29, 1.82) is 0 Å². The van der Waals surface area contributed by atoms with Gasteiger partial charge >= 0.3 is 0 Å². The summed E-state index contributed by atoms with van der Waals surface area (Å²) in [6.07, 6.45) is 3.61. The molecule has 0 bridgehead atoms. The van der Waals surface area contributed by atoms with Crippen LogP contribution in [0, 0.1) is 0 Å². The summed E-state index contributed by atoms with van der Waals surface area (Å²) < 4.78 is 0.899. The molecule has 1 amide bonds. The van der Waals surface area contributed by atoms with Crippen molar-refractivity contribution in [2.75, 3.05) is 12.4 Å². The third kappa shape index (κ3) is 5.98. The van der Waals surface area contributed by atoms with Gasteiger partial charge in [-0.2, -0.15) is 0 Å². The molecule has 0 spiro atoms. The van der Waals surface area contributed by atoms with Crippen LogP contribution >= 0.6 is 15.9 Å². The number of hydrogen-bond acceptors (Lipinski definition) is 2. The summed E-state index contributed by atoms with van der Waals surface area (Å²) in [4.78, 5) is 14.7. The van der Waals surface area contributed by atoms with E-state index in [1.165, 1.54) is 24.8 Å². The molecule has 1 unspecified atom stereocenters. The molecule has 2 aromatic carbocycles. The van der Waals surface area contributed by atoms with Gasteiger partial charge in [0.2, 0.25) is 0 Å². The molecule has 0 saturated heterocycles. The molecule has 0 aromatic heterocycles. The van der Waals surface area contributed by atoms with Crippen LogP contribution in [0.1, 0.15) is 49.0 Å². The number of anilines is 1. The van der Waals surface area contributed by atoms with Gasteiger partial charge in [0, 0.05) is 28.3 Å². The SMILES string of the molecule is CCCC(CC)N(C)Cc1ccc(NC(=O)c2cccc(Br)c2)cc1. The summed E-state index contributed by atoms with van der Waals surface area (Å²) in [6.45, 7) is 5.41. The van der Waals surface area contributed by atoms with Gasteiger partial charge in [0.15, 0.2) is 0 Å². The highest BCUT2D eigenvalue weighted by Gasteiger charge is 2.12. The third-order valence-electron chi connectivity index (χ3n) is 4.45. The molecule has 3 nitrogen and oxygen atoms in total. The summed E-state index contributed by atoms with van der Waals surface area (Å²) >= 11 is 3.39. The van der Waals surface area contributed by atoms with E-state index < -0.39 is 0 Å². The molecule has 134 valence electrons. The van der Waals surface area contributed by atoms with Crippen molar-refractivity contribution in [3.8, 4) is 0 Å². The van der Waals surface area contributed by atoms with Crippen molar-refractivity contribution < 1.29 is 4.79 Å². The first-order chi connectivity index (χ1) is 12.0. The van der Waals surface area contributed by atoms with Crippen molar-refractivity contribution in [2.24, 2.45) is 0 Å². The largest absolute Gasteiger partial charge is 0.322 e. The predicted molar refractivity (Wildman–Crippen MR) is 109 cm³/mol. The van der Waals surface area contributed by atoms with Crippen LogP contribution in [0.4, 0.5) is 5.69 Å². The topological polar surface area (TPSA) is 32.3 Å². The van der Waals surface area contributed by atoms with Gasteiger partial charge in [-0.05, 0) is 55.8 Å². The minimum Gasteiger partial charge on any atom is -0.322 e. The molecule has 0 saturated carbocycles. The number of nitrogens with one attached hydrogen (secondary N) is 1. The van der Waals surface area contributed by atoms with Gasteiger partial charge in [0.05, 0.1) is 0 Å². The van der Waals surface area contributed by atoms with E-state index >= 15 is 0 Å². The Bertz CT molecular complexity index is 685. The Morgan fingerprint density at radius 1 is 1.16 bits per heavy atom. The molecule has 0 aliphatic rings. The zero-order valence-electron chi connectivity index (χ0n) is 15.3. The second-order valence-electron chi connectivity index (χ2n) is 6.43. The summed E-state index contributed by atoms with van der Waals surface area (Å²) in [6, 6.07) is 16.1. The van der Waals surface area contributed by atoms with E-state index in [1.807, 2.05) is 36.4 Å². The molecule has 2 aromatic rings. The normalized spacial score (nSPS) is 12.2. The smallest absolute Gasteiger partial charge is 0.255 e. The number of hydrogen-bond donors (Lipinski definition) is 1. The number of benzene rings is 2. The first-order valence-corrected chi connectivity index (χ1v) is 9.68. The molecule has 1 atom stereocenters. The van der Waals surface area contributed by atoms with Crippen LogP contribution in [-0.2, 0) is 6.54 Å². The molecule has 0 aliphatic carbocycles. The highest BCUT2D eigenvalue weighted by atomic mass is 79.9. The van der Waals surface area contributed by atoms with Crippen molar-refractivity contribution in [2.45, 2.75) is 45.7 Å². The number of carbonyl (C=O) groups is 1. The molecule has 0 aliphatic heterocycles. The van der Waals surface area contributed by atoms with Gasteiger partial charge < -0.3 is 5.32 Å². The lowest BCUT2D eigenvalue weighted by molar-refractivity contribution is 0.102.